The van der Waals surface area contributed by atoms with Gasteiger partial charge in [-0.3, -0.25) is 9.59 Å². The van der Waals surface area contributed by atoms with Crippen molar-refractivity contribution in [1.29, 1.82) is 0 Å². The minimum absolute atomic E-state index is 0.0219. The van der Waals surface area contributed by atoms with E-state index in [9.17, 15) is 9.59 Å². The summed E-state index contributed by atoms with van der Waals surface area (Å²) < 4.78 is 10.4. The summed E-state index contributed by atoms with van der Waals surface area (Å²) >= 11 is 0. The van der Waals surface area contributed by atoms with Crippen LogP contribution < -0.4 is 14.8 Å². The number of amides is 1. The van der Waals surface area contributed by atoms with Crippen molar-refractivity contribution in [1.82, 2.24) is 5.32 Å². The Bertz CT molecular complexity index is 776. The highest BCUT2D eigenvalue weighted by atomic mass is 16.5. The van der Waals surface area contributed by atoms with Gasteiger partial charge in [0.2, 0.25) is 5.91 Å². The van der Waals surface area contributed by atoms with Crippen molar-refractivity contribution in [3.63, 3.8) is 0 Å². The molecule has 0 unspecified atom stereocenters. The normalized spacial score (nSPS) is 10.3. The maximum Gasteiger partial charge on any atom is 0.220 e. The number of aryl methyl sites for hydroxylation is 2. The molecule has 2 aromatic carbocycles. The van der Waals surface area contributed by atoms with Crippen LogP contribution in [-0.4, -0.2) is 25.9 Å². The van der Waals surface area contributed by atoms with Crippen LogP contribution in [0.15, 0.2) is 36.4 Å². The number of benzene rings is 2. The van der Waals surface area contributed by atoms with Gasteiger partial charge in [0.1, 0.15) is 11.5 Å². The van der Waals surface area contributed by atoms with Gasteiger partial charge in [0, 0.05) is 31.0 Å². The second kappa shape index (κ2) is 9.04. The molecule has 0 aliphatic carbocycles. The van der Waals surface area contributed by atoms with E-state index in [-0.39, 0.29) is 24.5 Å². The first kappa shape index (κ1) is 19.5. The lowest BCUT2D eigenvalue weighted by Crippen LogP contribution is -2.23. The monoisotopic (exact) mass is 355 g/mol. The molecule has 5 nitrogen and oxygen atoms in total. The molecule has 26 heavy (non-hydrogen) atoms. The van der Waals surface area contributed by atoms with Gasteiger partial charge in [-0.15, -0.1) is 0 Å². The minimum atomic E-state index is -0.163. The van der Waals surface area contributed by atoms with Crippen LogP contribution in [0.1, 0.15) is 39.9 Å². The predicted octanol–water partition coefficient (Wildman–Crippen LogP) is 3.60. The molecule has 2 rings (SSSR count). The van der Waals surface area contributed by atoms with Gasteiger partial charge in [-0.1, -0.05) is 12.1 Å². The number of methoxy groups -OCH3 is 2. The van der Waals surface area contributed by atoms with Crippen LogP contribution in [0.3, 0.4) is 0 Å². The number of hydrogen-bond acceptors (Lipinski definition) is 4. The smallest absolute Gasteiger partial charge is 0.220 e. The van der Waals surface area contributed by atoms with Crippen LogP contribution in [0.4, 0.5) is 0 Å². The van der Waals surface area contributed by atoms with E-state index in [1.54, 1.807) is 20.3 Å². The Morgan fingerprint density at radius 3 is 2.12 bits per heavy atom. The second-order valence-electron chi connectivity index (χ2n) is 6.22. The summed E-state index contributed by atoms with van der Waals surface area (Å²) in [6.07, 6.45) is 0.350. The van der Waals surface area contributed by atoms with Crippen molar-refractivity contribution in [3.8, 4) is 11.5 Å². The zero-order valence-corrected chi connectivity index (χ0v) is 15.7. The summed E-state index contributed by atoms with van der Waals surface area (Å²) in [6, 6.07) is 11.1. The summed E-state index contributed by atoms with van der Waals surface area (Å²) in [5.41, 5.74) is 3.74. The molecule has 0 saturated carbocycles. The van der Waals surface area contributed by atoms with E-state index in [0.29, 0.717) is 23.6 Å². The van der Waals surface area contributed by atoms with E-state index in [2.05, 4.69) is 5.32 Å². The first-order chi connectivity index (χ1) is 12.4. The first-order valence-corrected chi connectivity index (χ1v) is 8.52. The maximum atomic E-state index is 12.2. The van der Waals surface area contributed by atoms with Crippen LogP contribution in [0.2, 0.25) is 0 Å². The lowest BCUT2D eigenvalue weighted by atomic mass is 10.0. The third-order valence-electron chi connectivity index (χ3n) is 4.31. The largest absolute Gasteiger partial charge is 0.497 e. The fourth-order valence-electron chi connectivity index (χ4n) is 2.54. The molecule has 0 radical (unpaired) electrons. The molecule has 0 aromatic heterocycles. The van der Waals surface area contributed by atoms with Gasteiger partial charge in [-0.2, -0.15) is 0 Å². The summed E-state index contributed by atoms with van der Waals surface area (Å²) in [4.78, 5) is 24.3. The minimum Gasteiger partial charge on any atom is -0.497 e. The molecule has 5 heteroatoms. The fraction of sp³-hybridized carbons (Fsp3) is 0.333. The Hall–Kier alpha value is -2.82. The van der Waals surface area contributed by atoms with Crippen LogP contribution in [0, 0.1) is 13.8 Å². The van der Waals surface area contributed by atoms with Crippen LogP contribution in [0.25, 0.3) is 0 Å². The molecule has 0 aliphatic heterocycles. The van der Waals surface area contributed by atoms with E-state index in [4.69, 9.17) is 9.47 Å². The maximum absolute atomic E-state index is 12.2. The Morgan fingerprint density at radius 2 is 1.54 bits per heavy atom. The third-order valence-corrected chi connectivity index (χ3v) is 4.31. The number of ether oxygens (including phenoxy) is 2. The average Bonchev–Trinajstić information content (AvgIpc) is 2.66. The second-order valence-corrected chi connectivity index (χ2v) is 6.22. The van der Waals surface area contributed by atoms with Gasteiger partial charge in [-0.25, -0.2) is 0 Å². The Balaban J connectivity index is 1.87. The summed E-state index contributed by atoms with van der Waals surface area (Å²) in [5, 5.41) is 2.83. The Morgan fingerprint density at radius 1 is 0.885 bits per heavy atom. The molecule has 1 N–H and O–H groups in total. The molecular weight excluding hydrogens is 330 g/mol. The molecule has 0 bridgehead atoms. The molecule has 2 aromatic rings. The molecule has 0 heterocycles. The quantitative estimate of drug-likeness (QED) is 0.735. The van der Waals surface area contributed by atoms with Crippen molar-refractivity contribution in [2.45, 2.75) is 33.2 Å². The van der Waals surface area contributed by atoms with E-state index in [1.165, 1.54) is 0 Å². The van der Waals surface area contributed by atoms with E-state index in [0.717, 1.165) is 16.7 Å². The van der Waals surface area contributed by atoms with Crippen LogP contribution in [0.5, 0.6) is 11.5 Å². The van der Waals surface area contributed by atoms with E-state index < -0.39 is 0 Å². The summed E-state index contributed by atoms with van der Waals surface area (Å²) in [6.45, 7) is 4.33. The molecule has 1 amide bonds. The number of hydrogen-bond donors (Lipinski definition) is 1. The third kappa shape index (κ3) is 5.34. The molecule has 0 aliphatic rings. The van der Waals surface area contributed by atoms with Gasteiger partial charge in [0.25, 0.3) is 0 Å². The number of carbonyl (C=O) groups excluding carboxylic acids is 2. The molecule has 0 spiro atoms. The fourth-order valence-corrected chi connectivity index (χ4v) is 2.54. The van der Waals surface area contributed by atoms with Gasteiger partial charge in [0.05, 0.1) is 14.2 Å². The number of Topliss-reactive ketones (excluding diaryl/α,β-unsaturated/α-hetero) is 1. The van der Waals surface area contributed by atoms with Gasteiger partial charge in [-0.05, 0) is 48.7 Å². The van der Waals surface area contributed by atoms with Crippen molar-refractivity contribution >= 4 is 11.7 Å². The van der Waals surface area contributed by atoms with Crippen LogP contribution >= 0.6 is 0 Å². The molecule has 0 saturated heterocycles. The van der Waals surface area contributed by atoms with Gasteiger partial charge < -0.3 is 14.8 Å². The lowest BCUT2D eigenvalue weighted by molar-refractivity contribution is -0.121. The highest BCUT2D eigenvalue weighted by molar-refractivity contribution is 5.98. The van der Waals surface area contributed by atoms with Crippen molar-refractivity contribution in [3.05, 3.63) is 58.7 Å². The number of carbonyl (C=O) groups is 2. The van der Waals surface area contributed by atoms with Crippen LogP contribution in [-0.2, 0) is 11.3 Å². The number of ketones is 1. The summed E-state index contributed by atoms with van der Waals surface area (Å²) in [5.74, 6) is 1.15. The summed E-state index contributed by atoms with van der Waals surface area (Å²) in [7, 11) is 3.16. The molecule has 138 valence electrons. The molecule has 0 fully saturated rings. The first-order valence-electron chi connectivity index (χ1n) is 8.52. The zero-order chi connectivity index (χ0) is 19.1. The van der Waals surface area contributed by atoms with Crippen molar-refractivity contribution in [2.24, 2.45) is 0 Å². The highest BCUT2D eigenvalue weighted by Gasteiger charge is 2.10. The zero-order valence-electron chi connectivity index (χ0n) is 15.7. The predicted molar refractivity (Wildman–Crippen MR) is 101 cm³/mol. The van der Waals surface area contributed by atoms with Gasteiger partial charge in [0.15, 0.2) is 5.78 Å². The van der Waals surface area contributed by atoms with E-state index in [1.807, 2.05) is 44.2 Å². The average molecular weight is 355 g/mol. The standard InChI is InChI=1S/C21H25NO4/c1-14-5-6-17(9-15(14)2)20(23)7-8-21(24)22-13-16-10-18(25-3)12-19(11-16)26-4/h5-6,9-12H,7-8,13H2,1-4H3,(H,22,24). The van der Waals surface area contributed by atoms with Crippen molar-refractivity contribution < 1.29 is 19.1 Å². The Kier molecular flexibility index (Phi) is 6.78. The van der Waals surface area contributed by atoms with E-state index >= 15 is 0 Å². The van der Waals surface area contributed by atoms with Gasteiger partial charge >= 0.3 is 0 Å². The topological polar surface area (TPSA) is 64.6 Å². The van der Waals surface area contributed by atoms with Crippen molar-refractivity contribution in [2.75, 3.05) is 14.2 Å². The Labute approximate surface area is 154 Å². The molecule has 0 atom stereocenters. The molecular formula is C21H25NO4. The number of rotatable bonds is 8. The SMILES string of the molecule is COc1cc(CNC(=O)CCC(=O)c2ccc(C)c(C)c2)cc(OC)c1. The lowest BCUT2D eigenvalue weighted by Gasteiger charge is -2.10. The number of nitrogens with one attached hydrogen (secondary N) is 1. The highest BCUT2D eigenvalue weighted by Crippen LogP contribution is 2.22.